The SMILES string of the molecule is CCc1c(F)ccc2cc(O)cc(N3CCc4c(nc(OC[C@@]56CCCN5C[C@H](F)C6)nc4N4CCCn5ncc(C)c5C4)C3)c12. The molecule has 0 aliphatic carbocycles. The molecule has 0 spiro atoms. The molecule has 0 radical (unpaired) electrons. The maximum Gasteiger partial charge on any atom is 0.318 e. The van der Waals surface area contributed by atoms with Crippen LogP contribution in [0.3, 0.4) is 0 Å². The van der Waals surface area contributed by atoms with Crippen molar-refractivity contribution in [1.82, 2.24) is 24.6 Å². The lowest BCUT2D eigenvalue weighted by atomic mass is 9.95. The van der Waals surface area contributed by atoms with Gasteiger partial charge in [-0.15, -0.1) is 0 Å². The highest BCUT2D eigenvalue weighted by Crippen LogP contribution is 2.42. The van der Waals surface area contributed by atoms with Gasteiger partial charge in [0.2, 0.25) is 0 Å². The van der Waals surface area contributed by atoms with E-state index >= 15 is 4.39 Å². The predicted octanol–water partition coefficient (Wildman–Crippen LogP) is 5.47. The van der Waals surface area contributed by atoms with Crippen LogP contribution >= 0.6 is 0 Å². The Hall–Kier alpha value is -3.99. The summed E-state index contributed by atoms with van der Waals surface area (Å²) in [7, 11) is 0. The molecule has 0 saturated carbocycles. The Morgan fingerprint density at radius 2 is 1.96 bits per heavy atom. The van der Waals surface area contributed by atoms with Crippen molar-refractivity contribution in [3.8, 4) is 11.8 Å². The Labute approximate surface area is 267 Å². The molecule has 0 amide bonds. The lowest BCUT2D eigenvalue weighted by molar-refractivity contribution is 0.107. The number of alkyl halides is 1. The van der Waals surface area contributed by atoms with Gasteiger partial charge in [-0.3, -0.25) is 9.58 Å². The van der Waals surface area contributed by atoms with E-state index in [2.05, 4.69) is 31.4 Å². The number of phenolic OH excluding ortho intramolecular Hbond substituents is 1. The van der Waals surface area contributed by atoms with E-state index in [1.165, 1.54) is 11.8 Å². The molecule has 2 fully saturated rings. The summed E-state index contributed by atoms with van der Waals surface area (Å²) in [6.07, 6.45) is 5.70. The monoisotopic (exact) mass is 629 g/mol. The van der Waals surface area contributed by atoms with Gasteiger partial charge in [0.05, 0.1) is 36.2 Å². The summed E-state index contributed by atoms with van der Waals surface area (Å²) < 4.78 is 38.1. The number of ether oxygens (including phenoxy) is 1. The zero-order valence-electron chi connectivity index (χ0n) is 26.6. The van der Waals surface area contributed by atoms with Crippen molar-refractivity contribution in [2.45, 2.75) is 83.7 Å². The predicted molar refractivity (Wildman–Crippen MR) is 173 cm³/mol. The fourth-order valence-electron chi connectivity index (χ4n) is 8.39. The molecular weight excluding hydrogens is 588 g/mol. The van der Waals surface area contributed by atoms with Crippen molar-refractivity contribution in [2.75, 3.05) is 42.6 Å². The van der Waals surface area contributed by atoms with Crippen molar-refractivity contribution in [2.24, 2.45) is 0 Å². The first-order chi connectivity index (χ1) is 22.3. The number of hydrogen-bond donors (Lipinski definition) is 1. The molecule has 2 saturated heterocycles. The standard InChI is InChI=1S/C35H41F2N7O2/c1-3-26-28(37)7-6-23-14-25(45)15-30(32(23)26)41-13-8-27-29(19-41)39-34(46-21-35-9-4-11-43(35)18-24(36)16-35)40-33(27)42-10-5-12-44-31(20-42)22(2)17-38-44/h6-7,14-15,17,24,45H,3-5,8-13,16,18-21H2,1-2H3/t24-,35+/m1/s1. The number of nitrogens with zero attached hydrogens (tertiary/aromatic N) is 7. The molecule has 2 aromatic heterocycles. The molecular formula is C35H41F2N7O2. The molecule has 4 aliphatic heterocycles. The number of aromatic hydroxyl groups is 1. The second-order valence-corrected chi connectivity index (χ2v) is 13.5. The van der Waals surface area contributed by atoms with Crippen molar-refractivity contribution in [3.05, 3.63) is 64.4 Å². The van der Waals surface area contributed by atoms with Gasteiger partial charge in [-0.25, -0.2) is 8.78 Å². The largest absolute Gasteiger partial charge is 0.508 e. The number of anilines is 2. The summed E-state index contributed by atoms with van der Waals surface area (Å²) >= 11 is 0. The number of hydrogen-bond acceptors (Lipinski definition) is 8. The summed E-state index contributed by atoms with van der Waals surface area (Å²) in [4.78, 5) is 16.8. The van der Waals surface area contributed by atoms with Gasteiger partial charge in [0, 0.05) is 55.3 Å². The Morgan fingerprint density at radius 3 is 2.83 bits per heavy atom. The van der Waals surface area contributed by atoms with Crippen molar-refractivity contribution >= 4 is 22.3 Å². The van der Waals surface area contributed by atoms with Crippen LogP contribution in [0.2, 0.25) is 0 Å². The van der Waals surface area contributed by atoms with Crippen LogP contribution in [0.25, 0.3) is 10.8 Å². The third kappa shape index (κ3) is 4.94. The minimum atomic E-state index is -0.836. The first-order valence-corrected chi connectivity index (χ1v) is 16.7. The molecule has 0 bridgehead atoms. The van der Waals surface area contributed by atoms with Gasteiger partial charge in [-0.1, -0.05) is 13.0 Å². The Kier molecular flexibility index (Phi) is 7.27. The fourth-order valence-corrected chi connectivity index (χ4v) is 8.39. The molecule has 242 valence electrons. The second kappa shape index (κ2) is 11.4. The van der Waals surface area contributed by atoms with Crippen LogP contribution in [0.15, 0.2) is 30.5 Å². The van der Waals surface area contributed by atoms with Crippen molar-refractivity contribution in [3.63, 3.8) is 0 Å². The van der Waals surface area contributed by atoms with E-state index in [1.54, 1.807) is 18.2 Å². The lowest BCUT2D eigenvalue weighted by Gasteiger charge is -2.35. The first-order valence-electron chi connectivity index (χ1n) is 16.7. The highest BCUT2D eigenvalue weighted by molar-refractivity contribution is 5.98. The number of phenols is 1. The zero-order chi connectivity index (χ0) is 31.6. The van der Waals surface area contributed by atoms with Crippen molar-refractivity contribution in [1.29, 1.82) is 0 Å². The van der Waals surface area contributed by atoms with E-state index in [0.29, 0.717) is 63.6 Å². The van der Waals surface area contributed by atoms with Gasteiger partial charge < -0.3 is 19.6 Å². The number of halogens is 2. The smallest absolute Gasteiger partial charge is 0.318 e. The Bertz CT molecular complexity index is 1810. The molecule has 0 unspecified atom stereocenters. The summed E-state index contributed by atoms with van der Waals surface area (Å²) in [6, 6.07) is 6.97. The number of rotatable bonds is 6. The minimum Gasteiger partial charge on any atom is -0.508 e. The number of fused-ring (bicyclic) bond motifs is 4. The van der Waals surface area contributed by atoms with Gasteiger partial charge in [0.25, 0.3) is 0 Å². The molecule has 2 atom stereocenters. The maximum absolute atomic E-state index is 15.0. The van der Waals surface area contributed by atoms with Crippen LogP contribution in [0, 0.1) is 12.7 Å². The normalized spacial score (nSPS) is 23.0. The van der Waals surface area contributed by atoms with Crippen molar-refractivity contribution < 1.29 is 18.6 Å². The third-order valence-corrected chi connectivity index (χ3v) is 10.7. The number of aryl methyl sites for hydroxylation is 3. The average molecular weight is 630 g/mol. The Morgan fingerprint density at radius 1 is 1.07 bits per heavy atom. The molecule has 8 rings (SSSR count). The van der Waals surface area contributed by atoms with Crippen LogP contribution in [0.1, 0.15) is 60.7 Å². The molecule has 2 aromatic carbocycles. The highest BCUT2D eigenvalue weighted by atomic mass is 19.1. The van der Waals surface area contributed by atoms with E-state index in [0.717, 1.165) is 78.0 Å². The van der Waals surface area contributed by atoms with E-state index in [9.17, 15) is 9.50 Å². The molecule has 4 aromatic rings. The fraction of sp³-hybridized carbons (Fsp3) is 0.514. The molecule has 46 heavy (non-hydrogen) atoms. The quantitative estimate of drug-likeness (QED) is 0.301. The Balaban J connectivity index is 1.18. The van der Waals surface area contributed by atoms with E-state index in [-0.39, 0.29) is 17.1 Å². The van der Waals surface area contributed by atoms with Crippen LogP contribution in [0.5, 0.6) is 11.8 Å². The van der Waals surface area contributed by atoms with Gasteiger partial charge in [-0.2, -0.15) is 15.1 Å². The van der Waals surface area contributed by atoms with Crippen LogP contribution in [0.4, 0.5) is 20.3 Å². The summed E-state index contributed by atoms with van der Waals surface area (Å²) in [5, 5.41) is 16.9. The van der Waals surface area contributed by atoms with E-state index in [1.807, 2.05) is 13.1 Å². The van der Waals surface area contributed by atoms with Crippen LogP contribution < -0.4 is 14.5 Å². The summed E-state index contributed by atoms with van der Waals surface area (Å²) in [5.74, 6) is 0.789. The molecule has 6 heterocycles. The summed E-state index contributed by atoms with van der Waals surface area (Å²) in [6.45, 7) is 9.29. The molecule has 11 heteroatoms. The number of benzene rings is 2. The zero-order valence-corrected chi connectivity index (χ0v) is 26.6. The molecule has 4 aliphatic rings. The van der Waals surface area contributed by atoms with Gasteiger partial charge in [0.15, 0.2) is 0 Å². The van der Waals surface area contributed by atoms with Gasteiger partial charge in [-0.05, 0) is 74.2 Å². The topological polar surface area (TPSA) is 82.8 Å². The van der Waals surface area contributed by atoms with E-state index < -0.39 is 6.17 Å². The highest BCUT2D eigenvalue weighted by Gasteiger charge is 2.49. The minimum absolute atomic E-state index is 0.147. The van der Waals surface area contributed by atoms with Crippen LogP contribution in [-0.2, 0) is 32.5 Å². The first kappa shape index (κ1) is 29.4. The van der Waals surface area contributed by atoms with E-state index in [4.69, 9.17) is 14.7 Å². The lowest BCUT2D eigenvalue weighted by Crippen LogP contribution is -2.43. The number of aromatic nitrogens is 4. The maximum atomic E-state index is 15.0. The molecule has 1 N–H and O–H groups in total. The van der Waals surface area contributed by atoms with Gasteiger partial charge in [0.1, 0.15) is 30.2 Å². The molecule has 9 nitrogen and oxygen atoms in total. The third-order valence-electron chi connectivity index (χ3n) is 10.7. The average Bonchev–Trinajstić information content (AvgIpc) is 3.63. The van der Waals surface area contributed by atoms with Crippen LogP contribution in [-0.4, -0.2) is 74.3 Å². The summed E-state index contributed by atoms with van der Waals surface area (Å²) in [5.41, 5.74) is 5.44. The van der Waals surface area contributed by atoms with Gasteiger partial charge >= 0.3 is 6.01 Å². The second-order valence-electron chi connectivity index (χ2n) is 13.5.